The van der Waals surface area contributed by atoms with Gasteiger partial charge in [0.15, 0.2) is 0 Å². The molecule has 0 aliphatic rings. The highest BCUT2D eigenvalue weighted by Crippen LogP contribution is 2.23. The minimum Gasteiger partial charge on any atom is -0.476 e. The zero-order valence-corrected chi connectivity index (χ0v) is 10.9. The van der Waals surface area contributed by atoms with Gasteiger partial charge in [-0.05, 0) is 44.5 Å². The molecule has 0 heterocycles. The first-order valence-electron chi connectivity index (χ1n) is 5.97. The highest BCUT2D eigenvalue weighted by Gasteiger charge is 2.35. The average Bonchev–Trinajstić information content (AvgIpc) is 2.39. The summed E-state index contributed by atoms with van der Waals surface area (Å²) >= 11 is 0. The molecule has 1 aromatic rings. The van der Waals surface area contributed by atoms with Crippen LogP contribution in [0.15, 0.2) is 24.3 Å². The maximum Gasteiger partial charge on any atom is 0.350 e. The minimum atomic E-state index is -1.00. The highest BCUT2D eigenvalue weighted by atomic mass is 16.6. The molecule has 0 aromatic heterocycles. The summed E-state index contributed by atoms with van der Waals surface area (Å²) in [6.07, 6.45) is 1.26. The molecule has 1 aromatic carbocycles. The predicted molar refractivity (Wildman–Crippen MR) is 67.8 cm³/mol. The number of hydrogen-bond donors (Lipinski definition) is 0. The lowest BCUT2D eigenvalue weighted by atomic mass is 10.0. The molecular weight excluding hydrogens is 232 g/mol. The number of hydrogen-bond acceptors (Lipinski definition) is 4. The minimum absolute atomic E-state index is 0.321. The standard InChI is InChI=1S/C14H18O4/c1-4-14(3,13(16)17-5-2)18-12-8-6-11(10-15)7-9-12/h6-10H,4-5H2,1-3H3. The smallest absolute Gasteiger partial charge is 0.350 e. The second-order valence-corrected chi connectivity index (χ2v) is 4.09. The Balaban J connectivity index is 2.83. The molecule has 4 heteroatoms. The fourth-order valence-electron chi connectivity index (χ4n) is 1.42. The summed E-state index contributed by atoms with van der Waals surface area (Å²) < 4.78 is 10.7. The van der Waals surface area contributed by atoms with Crippen LogP contribution in [0.1, 0.15) is 37.6 Å². The largest absolute Gasteiger partial charge is 0.476 e. The van der Waals surface area contributed by atoms with Crippen LogP contribution in [-0.4, -0.2) is 24.5 Å². The van der Waals surface area contributed by atoms with Crippen LogP contribution in [0, 0.1) is 0 Å². The van der Waals surface area contributed by atoms with Crippen molar-refractivity contribution in [3.05, 3.63) is 29.8 Å². The maximum atomic E-state index is 11.8. The number of carbonyl (C=O) groups excluding carboxylic acids is 2. The number of ether oxygens (including phenoxy) is 2. The Bertz CT molecular complexity index is 410. The van der Waals surface area contributed by atoms with E-state index in [9.17, 15) is 9.59 Å². The van der Waals surface area contributed by atoms with Gasteiger partial charge in [0.05, 0.1) is 6.61 Å². The van der Waals surface area contributed by atoms with E-state index in [1.54, 1.807) is 38.1 Å². The predicted octanol–water partition coefficient (Wildman–Crippen LogP) is 2.61. The van der Waals surface area contributed by atoms with E-state index in [1.165, 1.54) is 0 Å². The van der Waals surface area contributed by atoms with E-state index >= 15 is 0 Å². The van der Waals surface area contributed by atoms with Gasteiger partial charge in [-0.2, -0.15) is 0 Å². The van der Waals surface area contributed by atoms with E-state index in [-0.39, 0.29) is 5.97 Å². The molecule has 4 nitrogen and oxygen atoms in total. The van der Waals surface area contributed by atoms with Gasteiger partial charge in [-0.1, -0.05) is 6.92 Å². The zero-order chi connectivity index (χ0) is 13.6. The van der Waals surface area contributed by atoms with Gasteiger partial charge in [-0.25, -0.2) is 4.79 Å². The van der Waals surface area contributed by atoms with Crippen LogP contribution in [0.5, 0.6) is 5.75 Å². The van der Waals surface area contributed by atoms with Crippen LogP contribution >= 0.6 is 0 Å². The summed E-state index contributed by atoms with van der Waals surface area (Å²) in [5.41, 5.74) is -0.435. The van der Waals surface area contributed by atoms with Gasteiger partial charge in [0.25, 0.3) is 0 Å². The first-order valence-corrected chi connectivity index (χ1v) is 5.97. The van der Waals surface area contributed by atoms with Gasteiger partial charge in [0.1, 0.15) is 12.0 Å². The van der Waals surface area contributed by atoms with Gasteiger partial charge < -0.3 is 9.47 Å². The topological polar surface area (TPSA) is 52.6 Å². The van der Waals surface area contributed by atoms with E-state index in [2.05, 4.69) is 0 Å². The van der Waals surface area contributed by atoms with Crippen LogP contribution in [-0.2, 0) is 9.53 Å². The highest BCUT2D eigenvalue weighted by molar-refractivity contribution is 5.79. The Morgan fingerprint density at radius 1 is 1.28 bits per heavy atom. The Labute approximate surface area is 107 Å². The normalized spacial score (nSPS) is 13.5. The van der Waals surface area contributed by atoms with Gasteiger partial charge in [0, 0.05) is 5.56 Å². The number of esters is 1. The third-order valence-electron chi connectivity index (χ3n) is 2.74. The monoisotopic (exact) mass is 250 g/mol. The SMILES string of the molecule is CCOC(=O)C(C)(CC)Oc1ccc(C=O)cc1. The molecule has 0 spiro atoms. The summed E-state index contributed by atoms with van der Waals surface area (Å²) in [5.74, 6) is 0.157. The zero-order valence-electron chi connectivity index (χ0n) is 10.9. The average molecular weight is 250 g/mol. The van der Waals surface area contributed by atoms with Crippen molar-refractivity contribution in [1.29, 1.82) is 0 Å². The molecule has 0 fully saturated rings. The van der Waals surface area contributed by atoms with Crippen LogP contribution in [0.2, 0.25) is 0 Å². The third kappa shape index (κ3) is 3.32. The Morgan fingerprint density at radius 2 is 1.89 bits per heavy atom. The van der Waals surface area contributed by atoms with Crippen LogP contribution in [0.3, 0.4) is 0 Å². The van der Waals surface area contributed by atoms with Gasteiger partial charge in [-0.3, -0.25) is 4.79 Å². The molecular formula is C14H18O4. The molecule has 1 unspecified atom stereocenters. The van der Waals surface area contributed by atoms with E-state index in [1.807, 2.05) is 6.92 Å². The van der Waals surface area contributed by atoms with Crippen molar-refractivity contribution in [3.63, 3.8) is 0 Å². The second-order valence-electron chi connectivity index (χ2n) is 4.09. The van der Waals surface area contributed by atoms with Gasteiger partial charge >= 0.3 is 5.97 Å². The lowest BCUT2D eigenvalue weighted by Crippen LogP contribution is -2.42. The molecule has 98 valence electrons. The van der Waals surface area contributed by atoms with Crippen LogP contribution < -0.4 is 4.74 Å². The van der Waals surface area contributed by atoms with E-state index < -0.39 is 5.60 Å². The quantitative estimate of drug-likeness (QED) is 0.575. The van der Waals surface area contributed by atoms with E-state index in [0.29, 0.717) is 24.3 Å². The fraction of sp³-hybridized carbons (Fsp3) is 0.429. The van der Waals surface area contributed by atoms with Gasteiger partial charge in [-0.15, -0.1) is 0 Å². The molecule has 0 N–H and O–H groups in total. The molecule has 0 saturated carbocycles. The lowest BCUT2D eigenvalue weighted by Gasteiger charge is -2.27. The summed E-state index contributed by atoms with van der Waals surface area (Å²) in [4.78, 5) is 22.4. The Hall–Kier alpha value is -1.84. The number of rotatable bonds is 6. The summed E-state index contributed by atoms with van der Waals surface area (Å²) in [5, 5.41) is 0. The molecule has 0 saturated heterocycles. The summed E-state index contributed by atoms with van der Waals surface area (Å²) in [6, 6.07) is 6.61. The fourth-order valence-corrected chi connectivity index (χ4v) is 1.42. The molecule has 18 heavy (non-hydrogen) atoms. The molecule has 0 aliphatic carbocycles. The molecule has 1 atom stereocenters. The van der Waals surface area contributed by atoms with E-state index in [0.717, 1.165) is 6.29 Å². The van der Waals surface area contributed by atoms with Crippen LogP contribution in [0.25, 0.3) is 0 Å². The number of aldehydes is 1. The molecule has 0 radical (unpaired) electrons. The lowest BCUT2D eigenvalue weighted by molar-refractivity contribution is -0.160. The molecule has 0 bridgehead atoms. The summed E-state index contributed by atoms with van der Waals surface area (Å²) in [7, 11) is 0. The van der Waals surface area contributed by atoms with Crippen molar-refractivity contribution >= 4 is 12.3 Å². The van der Waals surface area contributed by atoms with Crippen LogP contribution in [0.4, 0.5) is 0 Å². The van der Waals surface area contributed by atoms with Crippen molar-refractivity contribution in [2.24, 2.45) is 0 Å². The summed E-state index contributed by atoms with van der Waals surface area (Å²) in [6.45, 7) is 5.63. The molecule has 0 amide bonds. The second kappa shape index (κ2) is 6.19. The van der Waals surface area contributed by atoms with Gasteiger partial charge in [0.2, 0.25) is 5.60 Å². The number of carbonyl (C=O) groups is 2. The third-order valence-corrected chi connectivity index (χ3v) is 2.74. The Kier molecular flexibility index (Phi) is 4.89. The number of benzene rings is 1. The van der Waals surface area contributed by atoms with Crippen molar-refractivity contribution in [1.82, 2.24) is 0 Å². The first-order chi connectivity index (χ1) is 8.55. The Morgan fingerprint density at radius 3 is 2.33 bits per heavy atom. The first kappa shape index (κ1) is 14.2. The molecule has 1 rings (SSSR count). The van der Waals surface area contributed by atoms with Crippen molar-refractivity contribution in [2.45, 2.75) is 32.8 Å². The molecule has 0 aliphatic heterocycles. The van der Waals surface area contributed by atoms with Crippen molar-refractivity contribution < 1.29 is 19.1 Å². The van der Waals surface area contributed by atoms with E-state index in [4.69, 9.17) is 9.47 Å². The maximum absolute atomic E-state index is 11.8. The van der Waals surface area contributed by atoms with Crippen molar-refractivity contribution in [2.75, 3.05) is 6.61 Å². The van der Waals surface area contributed by atoms with Crippen molar-refractivity contribution in [3.8, 4) is 5.75 Å².